The lowest BCUT2D eigenvalue weighted by atomic mass is 10.1. The molecule has 1 unspecified atom stereocenters. The third-order valence-corrected chi connectivity index (χ3v) is 5.30. The fraction of sp³-hybridized carbons (Fsp3) is 0.955. The zero-order valence-corrected chi connectivity index (χ0v) is 19.5. The molecular formula is C22H42ClNO5. The van der Waals surface area contributed by atoms with Crippen molar-refractivity contribution >= 4 is 17.5 Å². The molecule has 1 atom stereocenters. The van der Waals surface area contributed by atoms with Crippen molar-refractivity contribution in [1.82, 2.24) is 4.90 Å². The van der Waals surface area contributed by atoms with E-state index in [1.807, 2.05) is 0 Å². The maximum atomic E-state index is 13.0. The van der Waals surface area contributed by atoms with Crippen molar-refractivity contribution in [1.29, 1.82) is 0 Å². The Morgan fingerprint density at radius 1 is 1.00 bits per heavy atom. The Morgan fingerprint density at radius 3 is 2.14 bits per heavy atom. The molecule has 0 bridgehead atoms. The molecule has 1 fully saturated rings. The second-order valence-corrected chi connectivity index (χ2v) is 8.11. The summed E-state index contributed by atoms with van der Waals surface area (Å²) in [7, 11) is 0. The Kier molecular flexibility index (Phi) is 15.9. The van der Waals surface area contributed by atoms with Gasteiger partial charge in [0, 0.05) is 26.2 Å². The summed E-state index contributed by atoms with van der Waals surface area (Å²) in [4.78, 5) is 14.7. The molecule has 29 heavy (non-hydrogen) atoms. The molecule has 0 spiro atoms. The summed E-state index contributed by atoms with van der Waals surface area (Å²) in [5.41, 5.74) is 0. The van der Waals surface area contributed by atoms with E-state index in [2.05, 4.69) is 20.8 Å². The van der Waals surface area contributed by atoms with Crippen LogP contribution in [0.1, 0.15) is 78.6 Å². The lowest BCUT2D eigenvalue weighted by Crippen LogP contribution is -2.45. The molecule has 1 aliphatic heterocycles. The van der Waals surface area contributed by atoms with Gasteiger partial charge in [-0.15, -0.1) is 11.6 Å². The zero-order chi connectivity index (χ0) is 21.3. The molecule has 1 aliphatic rings. The summed E-state index contributed by atoms with van der Waals surface area (Å²) in [5, 5.41) is -0.515. The molecule has 0 aliphatic carbocycles. The average molecular weight is 436 g/mol. The van der Waals surface area contributed by atoms with Gasteiger partial charge in [-0.1, -0.05) is 46.5 Å². The van der Waals surface area contributed by atoms with Gasteiger partial charge in [-0.3, -0.25) is 4.79 Å². The smallest absolute Gasteiger partial charge is 0.240 e. The Morgan fingerprint density at radius 2 is 1.59 bits per heavy atom. The van der Waals surface area contributed by atoms with Crippen LogP contribution >= 0.6 is 11.6 Å². The van der Waals surface area contributed by atoms with Gasteiger partial charge < -0.3 is 23.8 Å². The van der Waals surface area contributed by atoms with Crippen LogP contribution in [0.4, 0.5) is 0 Å². The normalized spacial score (nSPS) is 16.3. The van der Waals surface area contributed by atoms with Crippen LogP contribution in [0.2, 0.25) is 0 Å². The minimum absolute atomic E-state index is 0.0567. The van der Waals surface area contributed by atoms with Gasteiger partial charge in [-0.25, -0.2) is 0 Å². The molecule has 0 radical (unpaired) electrons. The van der Waals surface area contributed by atoms with Gasteiger partial charge in [-0.2, -0.15) is 0 Å². The van der Waals surface area contributed by atoms with Crippen LogP contribution in [0.3, 0.4) is 0 Å². The number of unbranched alkanes of at least 4 members (excludes halogenated alkanes) is 3. The third kappa shape index (κ3) is 12.1. The van der Waals surface area contributed by atoms with Crippen molar-refractivity contribution in [2.45, 2.75) is 96.5 Å². The molecule has 0 aromatic rings. The third-order valence-electron chi connectivity index (χ3n) is 4.89. The number of nitrogens with zero attached hydrogens (tertiary/aromatic N) is 1. The fourth-order valence-corrected chi connectivity index (χ4v) is 3.30. The highest BCUT2D eigenvalue weighted by Gasteiger charge is 2.27. The maximum Gasteiger partial charge on any atom is 0.240 e. The van der Waals surface area contributed by atoms with Crippen molar-refractivity contribution in [2.24, 2.45) is 0 Å². The second kappa shape index (κ2) is 17.3. The van der Waals surface area contributed by atoms with E-state index < -0.39 is 5.38 Å². The predicted molar refractivity (Wildman–Crippen MR) is 116 cm³/mol. The molecule has 0 aromatic heterocycles. The van der Waals surface area contributed by atoms with E-state index in [4.69, 9.17) is 30.5 Å². The Balaban J connectivity index is 2.65. The average Bonchev–Trinajstić information content (AvgIpc) is 2.74. The van der Waals surface area contributed by atoms with Crippen LogP contribution in [-0.2, 0) is 23.7 Å². The van der Waals surface area contributed by atoms with Crippen molar-refractivity contribution in [3.05, 3.63) is 0 Å². The molecule has 6 nitrogen and oxygen atoms in total. The first-order valence-electron chi connectivity index (χ1n) is 11.5. The maximum absolute atomic E-state index is 13.0. The van der Waals surface area contributed by atoms with Gasteiger partial charge in [0.15, 0.2) is 12.6 Å². The first-order chi connectivity index (χ1) is 14.1. The van der Waals surface area contributed by atoms with Gasteiger partial charge in [0.1, 0.15) is 5.38 Å². The number of amides is 1. The van der Waals surface area contributed by atoms with Gasteiger partial charge >= 0.3 is 0 Å². The summed E-state index contributed by atoms with van der Waals surface area (Å²) in [6.07, 6.45) is 7.61. The first-order valence-corrected chi connectivity index (χ1v) is 11.9. The molecule has 172 valence electrons. The number of ether oxygens (including phenoxy) is 4. The molecule has 0 aromatic carbocycles. The lowest BCUT2D eigenvalue weighted by molar-refractivity contribution is -0.191. The molecule has 0 saturated carbocycles. The number of halogens is 1. The van der Waals surface area contributed by atoms with Crippen molar-refractivity contribution in [3.8, 4) is 0 Å². The van der Waals surface area contributed by atoms with Gasteiger partial charge in [0.05, 0.1) is 19.8 Å². The van der Waals surface area contributed by atoms with Gasteiger partial charge in [0.2, 0.25) is 5.91 Å². The summed E-state index contributed by atoms with van der Waals surface area (Å²) >= 11 is 6.41. The summed E-state index contributed by atoms with van der Waals surface area (Å²) in [6.45, 7) is 9.95. The van der Waals surface area contributed by atoms with Crippen molar-refractivity contribution in [2.75, 3.05) is 39.5 Å². The SMILES string of the molecule is CCCCOC(CCN(CC1OCCCO1)C(=O)C(Cl)CCCC)OCCCC. The van der Waals surface area contributed by atoms with E-state index in [0.29, 0.717) is 52.4 Å². The predicted octanol–water partition coefficient (Wildman–Crippen LogP) is 4.73. The quantitative estimate of drug-likeness (QED) is 0.188. The van der Waals surface area contributed by atoms with Crippen LogP contribution in [0, 0.1) is 0 Å². The molecular weight excluding hydrogens is 394 g/mol. The van der Waals surface area contributed by atoms with E-state index >= 15 is 0 Å². The number of rotatable bonds is 17. The molecule has 1 saturated heterocycles. The van der Waals surface area contributed by atoms with E-state index in [0.717, 1.165) is 44.9 Å². The van der Waals surface area contributed by atoms with E-state index in [1.165, 1.54) is 0 Å². The van der Waals surface area contributed by atoms with Gasteiger partial charge in [0.25, 0.3) is 0 Å². The first kappa shape index (κ1) is 26.6. The minimum atomic E-state index is -0.515. The highest BCUT2D eigenvalue weighted by molar-refractivity contribution is 6.30. The molecule has 1 amide bonds. The van der Waals surface area contributed by atoms with Gasteiger partial charge in [-0.05, 0) is 25.7 Å². The number of hydrogen-bond donors (Lipinski definition) is 0. The molecule has 0 N–H and O–H groups in total. The van der Waals surface area contributed by atoms with E-state index in [9.17, 15) is 4.79 Å². The molecule has 7 heteroatoms. The zero-order valence-electron chi connectivity index (χ0n) is 18.7. The standard InChI is InChI=1S/C22H42ClNO5/c1-4-7-11-19(23)22(25)24(18-21-28-16-10-17-29-21)13-12-20(26-14-8-5-2)27-15-9-6-3/h19-21H,4-18H2,1-3H3. The fourth-order valence-electron chi connectivity index (χ4n) is 3.01. The highest BCUT2D eigenvalue weighted by Crippen LogP contribution is 2.16. The van der Waals surface area contributed by atoms with E-state index in [1.54, 1.807) is 4.90 Å². The minimum Gasteiger partial charge on any atom is -0.353 e. The van der Waals surface area contributed by atoms with Crippen molar-refractivity contribution in [3.63, 3.8) is 0 Å². The second-order valence-electron chi connectivity index (χ2n) is 7.59. The monoisotopic (exact) mass is 435 g/mol. The Hall–Kier alpha value is -0.400. The van der Waals surface area contributed by atoms with Crippen molar-refractivity contribution < 1.29 is 23.7 Å². The topological polar surface area (TPSA) is 57.2 Å². The van der Waals surface area contributed by atoms with Crippen LogP contribution in [0.25, 0.3) is 0 Å². The van der Waals surface area contributed by atoms with Crippen LogP contribution in [0.5, 0.6) is 0 Å². The summed E-state index contributed by atoms with van der Waals surface area (Å²) < 4.78 is 23.2. The molecule has 1 heterocycles. The summed E-state index contributed by atoms with van der Waals surface area (Å²) in [6, 6.07) is 0. The lowest BCUT2D eigenvalue weighted by Gasteiger charge is -2.32. The van der Waals surface area contributed by atoms with Crippen LogP contribution < -0.4 is 0 Å². The largest absolute Gasteiger partial charge is 0.353 e. The van der Waals surface area contributed by atoms with Crippen LogP contribution in [0.15, 0.2) is 0 Å². The highest BCUT2D eigenvalue weighted by atomic mass is 35.5. The number of carbonyl (C=O) groups excluding carboxylic acids is 1. The Bertz CT molecular complexity index is 397. The van der Waals surface area contributed by atoms with Crippen LogP contribution in [-0.4, -0.2) is 68.3 Å². The Labute approximate surface area is 182 Å². The molecule has 1 rings (SSSR count). The summed E-state index contributed by atoms with van der Waals surface area (Å²) in [5.74, 6) is -0.0567. The number of hydrogen-bond acceptors (Lipinski definition) is 5. The number of carbonyl (C=O) groups is 1. The number of alkyl halides is 1. The van der Waals surface area contributed by atoms with E-state index in [-0.39, 0.29) is 18.5 Å².